The minimum Gasteiger partial charge on any atom is -0.198 e. The van der Waals surface area contributed by atoms with Gasteiger partial charge in [0.1, 0.15) is 0 Å². The van der Waals surface area contributed by atoms with Gasteiger partial charge in [-0.2, -0.15) is 5.26 Å². The van der Waals surface area contributed by atoms with Gasteiger partial charge in [-0.05, 0) is 69.1 Å². The fraction of sp³-hybridized carbons (Fsp3) is 0.880. The molecular formula is C25H43N. The molecular weight excluding hydrogens is 314 g/mol. The van der Waals surface area contributed by atoms with E-state index in [0.29, 0.717) is 5.92 Å². The van der Waals surface area contributed by atoms with Gasteiger partial charge in [-0.15, -0.1) is 0 Å². The van der Waals surface area contributed by atoms with Crippen LogP contribution in [0.15, 0.2) is 12.2 Å². The first-order valence-corrected chi connectivity index (χ1v) is 11.9. The van der Waals surface area contributed by atoms with Gasteiger partial charge in [0, 0.05) is 5.92 Å². The molecule has 0 N–H and O–H groups in total. The van der Waals surface area contributed by atoms with Crippen LogP contribution in [0.5, 0.6) is 0 Å². The third-order valence-electron chi connectivity index (χ3n) is 7.10. The van der Waals surface area contributed by atoms with Crippen molar-refractivity contribution in [2.75, 3.05) is 0 Å². The van der Waals surface area contributed by atoms with Crippen LogP contribution >= 0.6 is 0 Å². The maximum absolute atomic E-state index is 9.02. The van der Waals surface area contributed by atoms with Crippen molar-refractivity contribution in [3.05, 3.63) is 12.2 Å². The first-order chi connectivity index (χ1) is 12.8. The van der Waals surface area contributed by atoms with E-state index in [0.717, 1.165) is 17.8 Å². The van der Waals surface area contributed by atoms with Gasteiger partial charge >= 0.3 is 0 Å². The van der Waals surface area contributed by atoms with E-state index in [1.165, 1.54) is 109 Å². The molecule has 0 saturated heterocycles. The van der Waals surface area contributed by atoms with Crippen molar-refractivity contribution in [3.8, 4) is 6.07 Å². The summed E-state index contributed by atoms with van der Waals surface area (Å²) < 4.78 is 0. The van der Waals surface area contributed by atoms with Crippen LogP contribution in [-0.2, 0) is 0 Å². The second-order valence-electron chi connectivity index (χ2n) is 9.21. The highest BCUT2D eigenvalue weighted by Crippen LogP contribution is 2.37. The second-order valence-corrected chi connectivity index (χ2v) is 9.21. The van der Waals surface area contributed by atoms with E-state index in [-0.39, 0.29) is 0 Å². The molecule has 0 heterocycles. The Bertz CT molecular complexity index is 402. The van der Waals surface area contributed by atoms with Gasteiger partial charge in [0.25, 0.3) is 0 Å². The lowest BCUT2D eigenvalue weighted by Gasteiger charge is -2.31. The van der Waals surface area contributed by atoms with Gasteiger partial charge in [0.2, 0.25) is 0 Å². The highest BCUT2D eigenvalue weighted by molar-refractivity contribution is 4.87. The zero-order valence-corrected chi connectivity index (χ0v) is 17.4. The fourth-order valence-corrected chi connectivity index (χ4v) is 5.13. The maximum Gasteiger partial charge on any atom is 0.0655 e. The topological polar surface area (TPSA) is 23.8 Å². The third kappa shape index (κ3) is 8.75. The Hall–Kier alpha value is -0.770. The number of nitrogens with zero attached hydrogens (tertiary/aromatic N) is 1. The molecule has 2 rings (SSSR count). The van der Waals surface area contributed by atoms with Crippen LogP contribution in [0.1, 0.15) is 116 Å². The smallest absolute Gasteiger partial charge is 0.0655 e. The minimum absolute atomic E-state index is 0.368. The van der Waals surface area contributed by atoms with E-state index >= 15 is 0 Å². The summed E-state index contributed by atoms with van der Waals surface area (Å²) in [5.41, 5.74) is 0. The van der Waals surface area contributed by atoms with Crippen molar-refractivity contribution in [3.63, 3.8) is 0 Å². The summed E-state index contributed by atoms with van der Waals surface area (Å²) in [5.74, 6) is 3.33. The molecule has 1 nitrogen and oxygen atoms in total. The second kappa shape index (κ2) is 13.4. The molecule has 2 fully saturated rings. The Morgan fingerprint density at radius 3 is 1.73 bits per heavy atom. The summed E-state index contributed by atoms with van der Waals surface area (Å²) in [4.78, 5) is 0. The van der Waals surface area contributed by atoms with E-state index in [4.69, 9.17) is 5.26 Å². The van der Waals surface area contributed by atoms with Gasteiger partial charge in [-0.25, -0.2) is 0 Å². The number of allylic oxidation sites excluding steroid dienone is 2. The van der Waals surface area contributed by atoms with Crippen molar-refractivity contribution in [1.82, 2.24) is 0 Å². The summed E-state index contributed by atoms with van der Waals surface area (Å²) in [6, 6.07) is 2.47. The molecule has 0 aliphatic heterocycles. The van der Waals surface area contributed by atoms with Crippen molar-refractivity contribution in [2.45, 2.75) is 116 Å². The molecule has 148 valence electrons. The first-order valence-electron chi connectivity index (χ1n) is 11.9. The Labute approximate surface area is 163 Å². The van der Waals surface area contributed by atoms with Crippen LogP contribution in [0.25, 0.3) is 0 Å². The lowest BCUT2D eigenvalue weighted by molar-refractivity contribution is 0.221. The average Bonchev–Trinajstić information content (AvgIpc) is 2.69. The molecule has 0 bridgehead atoms. The first kappa shape index (κ1) is 21.5. The molecule has 26 heavy (non-hydrogen) atoms. The quantitative estimate of drug-likeness (QED) is 0.270. The predicted octanol–water partition coefficient (Wildman–Crippen LogP) is 8.21. The van der Waals surface area contributed by atoms with Crippen LogP contribution in [0, 0.1) is 35.0 Å². The van der Waals surface area contributed by atoms with Crippen molar-refractivity contribution < 1.29 is 0 Å². The Kier molecular flexibility index (Phi) is 11.1. The van der Waals surface area contributed by atoms with E-state index < -0.39 is 0 Å². The summed E-state index contributed by atoms with van der Waals surface area (Å²) in [6.07, 6.45) is 28.2. The van der Waals surface area contributed by atoms with E-state index in [9.17, 15) is 0 Å². The molecule has 1 heteroatoms. The minimum atomic E-state index is 0.368. The number of unbranched alkanes of at least 4 members (excludes halogenated alkanes) is 4. The van der Waals surface area contributed by atoms with Crippen molar-refractivity contribution >= 4 is 0 Å². The number of hydrogen-bond donors (Lipinski definition) is 0. The summed E-state index contributed by atoms with van der Waals surface area (Å²) >= 11 is 0. The molecule has 0 aromatic carbocycles. The molecule has 0 amide bonds. The van der Waals surface area contributed by atoms with Crippen LogP contribution in [0.4, 0.5) is 0 Å². The maximum atomic E-state index is 9.02. The molecule has 2 aliphatic carbocycles. The van der Waals surface area contributed by atoms with Gasteiger partial charge in [-0.3, -0.25) is 0 Å². The summed E-state index contributed by atoms with van der Waals surface area (Å²) in [5, 5.41) is 9.02. The highest BCUT2D eigenvalue weighted by Gasteiger charge is 2.24. The molecule has 0 atom stereocenters. The van der Waals surface area contributed by atoms with Gasteiger partial charge in [0.05, 0.1) is 6.07 Å². The Morgan fingerprint density at radius 2 is 1.19 bits per heavy atom. The van der Waals surface area contributed by atoms with E-state index in [1.807, 2.05) is 0 Å². The van der Waals surface area contributed by atoms with E-state index in [1.54, 1.807) is 0 Å². The molecule has 2 aliphatic rings. The monoisotopic (exact) mass is 357 g/mol. The molecule has 2 saturated carbocycles. The molecule has 0 unspecified atom stereocenters. The fourth-order valence-electron chi connectivity index (χ4n) is 5.13. The van der Waals surface area contributed by atoms with Crippen molar-refractivity contribution in [1.29, 1.82) is 5.26 Å². The largest absolute Gasteiger partial charge is 0.198 e. The van der Waals surface area contributed by atoms with Gasteiger partial charge < -0.3 is 0 Å². The van der Waals surface area contributed by atoms with Gasteiger partial charge in [-0.1, -0.05) is 76.9 Å². The number of nitriles is 1. The lowest BCUT2D eigenvalue weighted by atomic mass is 9.75. The normalized spacial score (nSPS) is 29.7. The van der Waals surface area contributed by atoms with Crippen LogP contribution in [0.3, 0.4) is 0 Å². The third-order valence-corrected chi connectivity index (χ3v) is 7.10. The average molecular weight is 358 g/mol. The standard InChI is InChI=1S/C25H43N/c1-2-3-4-5-6-7-8-9-10-22-11-13-23(14-12-22)15-16-24-17-19-25(21-26)20-18-24/h6-7,22-25H,2-5,8-20H2,1H3. The Morgan fingerprint density at radius 1 is 0.692 bits per heavy atom. The number of rotatable bonds is 11. The van der Waals surface area contributed by atoms with Crippen molar-refractivity contribution in [2.24, 2.45) is 23.7 Å². The highest BCUT2D eigenvalue weighted by atomic mass is 14.3. The predicted molar refractivity (Wildman–Crippen MR) is 113 cm³/mol. The molecule has 0 aromatic rings. The zero-order valence-electron chi connectivity index (χ0n) is 17.4. The van der Waals surface area contributed by atoms with Gasteiger partial charge in [0.15, 0.2) is 0 Å². The SMILES string of the molecule is CCCCCC=CCCCC1CCC(CCC2CCC(C#N)CC2)CC1. The molecule has 0 radical (unpaired) electrons. The zero-order chi connectivity index (χ0) is 18.5. The summed E-state index contributed by atoms with van der Waals surface area (Å²) in [6.45, 7) is 2.28. The lowest BCUT2D eigenvalue weighted by Crippen LogP contribution is -2.17. The number of hydrogen-bond acceptors (Lipinski definition) is 1. The van der Waals surface area contributed by atoms with Crippen LogP contribution in [0.2, 0.25) is 0 Å². The Balaban J connectivity index is 1.46. The summed E-state index contributed by atoms with van der Waals surface area (Å²) in [7, 11) is 0. The molecule has 0 aromatic heterocycles. The van der Waals surface area contributed by atoms with Crippen LogP contribution in [-0.4, -0.2) is 0 Å². The molecule has 0 spiro atoms. The van der Waals surface area contributed by atoms with Crippen LogP contribution < -0.4 is 0 Å². The van der Waals surface area contributed by atoms with E-state index in [2.05, 4.69) is 25.1 Å².